The van der Waals surface area contributed by atoms with Crippen LogP contribution in [-0.4, -0.2) is 13.2 Å². The molecule has 2 nitrogen and oxygen atoms in total. The van der Waals surface area contributed by atoms with E-state index in [1.165, 1.54) is 0 Å². The summed E-state index contributed by atoms with van der Waals surface area (Å²) in [5, 5.41) is 0.719. The molecule has 0 bridgehead atoms. The predicted molar refractivity (Wildman–Crippen MR) is 55.4 cm³/mol. The predicted octanol–water partition coefficient (Wildman–Crippen LogP) is 2.24. The zero-order chi connectivity index (χ0) is 9.84. The molecule has 3 heteroatoms. The zero-order valence-corrected chi connectivity index (χ0v) is 8.64. The summed E-state index contributed by atoms with van der Waals surface area (Å²) in [6, 6.07) is 5.68. The van der Waals surface area contributed by atoms with Gasteiger partial charge in [0.05, 0.1) is 7.11 Å². The molecule has 0 saturated heterocycles. The normalized spacial score (nSPS) is 12.6. The average molecular weight is 200 g/mol. The molecule has 0 aromatic heterocycles. The number of halogens is 1. The number of nitrogens with two attached hydrogens (primary N) is 1. The van der Waals surface area contributed by atoms with Gasteiger partial charge in [0.2, 0.25) is 0 Å². The Morgan fingerprint density at radius 1 is 1.54 bits per heavy atom. The molecule has 0 heterocycles. The lowest BCUT2D eigenvalue weighted by Gasteiger charge is -2.10. The molecule has 0 radical (unpaired) electrons. The highest BCUT2D eigenvalue weighted by atomic mass is 35.5. The second-order valence-corrected chi connectivity index (χ2v) is 3.57. The maximum atomic E-state index is 5.86. The molecule has 2 N–H and O–H groups in total. The highest BCUT2D eigenvalue weighted by Gasteiger charge is 2.05. The Kier molecular flexibility index (Phi) is 3.58. The molecule has 0 fully saturated rings. The Morgan fingerprint density at radius 2 is 2.23 bits per heavy atom. The number of hydrogen-bond donors (Lipinski definition) is 1. The summed E-state index contributed by atoms with van der Waals surface area (Å²) in [7, 11) is 1.65. The molecular weight excluding hydrogens is 186 g/mol. The van der Waals surface area contributed by atoms with E-state index in [0.717, 1.165) is 22.8 Å². The molecule has 0 saturated carbocycles. The Hall–Kier alpha value is -0.730. The summed E-state index contributed by atoms with van der Waals surface area (Å²) in [4.78, 5) is 0. The Bertz CT molecular complexity index is 286. The first kappa shape index (κ1) is 10.4. The van der Waals surface area contributed by atoms with Crippen molar-refractivity contribution >= 4 is 11.6 Å². The molecule has 0 unspecified atom stereocenters. The number of benzene rings is 1. The lowest BCUT2D eigenvalue weighted by atomic mass is 10.1. The molecule has 1 atom stereocenters. The molecule has 1 aromatic carbocycles. The molecule has 0 aliphatic rings. The van der Waals surface area contributed by atoms with E-state index in [-0.39, 0.29) is 6.04 Å². The van der Waals surface area contributed by atoms with E-state index in [1.54, 1.807) is 7.11 Å². The molecule has 0 spiro atoms. The summed E-state index contributed by atoms with van der Waals surface area (Å²) < 4.78 is 5.19. The van der Waals surface area contributed by atoms with Gasteiger partial charge in [-0.3, -0.25) is 0 Å². The molecule has 0 aliphatic carbocycles. The van der Waals surface area contributed by atoms with Crippen molar-refractivity contribution in [2.24, 2.45) is 5.73 Å². The molecule has 1 rings (SSSR count). The topological polar surface area (TPSA) is 35.2 Å². The summed E-state index contributed by atoms with van der Waals surface area (Å²) in [5.74, 6) is 0.849. The van der Waals surface area contributed by atoms with Crippen molar-refractivity contribution in [2.75, 3.05) is 7.11 Å². The van der Waals surface area contributed by atoms with Crippen LogP contribution in [0.15, 0.2) is 18.2 Å². The largest absolute Gasteiger partial charge is 0.496 e. The summed E-state index contributed by atoms with van der Waals surface area (Å²) in [6.45, 7) is 1.96. The average Bonchev–Trinajstić information content (AvgIpc) is 2.03. The maximum Gasteiger partial charge on any atom is 0.122 e. The first-order chi connectivity index (χ1) is 6.13. The summed E-state index contributed by atoms with van der Waals surface area (Å²) >= 11 is 5.86. The quantitative estimate of drug-likeness (QED) is 0.811. The van der Waals surface area contributed by atoms with Gasteiger partial charge in [0, 0.05) is 11.1 Å². The van der Waals surface area contributed by atoms with E-state index in [1.807, 2.05) is 25.1 Å². The van der Waals surface area contributed by atoms with Crippen molar-refractivity contribution in [3.63, 3.8) is 0 Å². The van der Waals surface area contributed by atoms with Crippen molar-refractivity contribution in [2.45, 2.75) is 19.4 Å². The van der Waals surface area contributed by atoms with Gasteiger partial charge in [-0.25, -0.2) is 0 Å². The SMILES string of the molecule is COc1ccc(Cl)cc1C[C@@H](C)N. The third kappa shape index (κ3) is 2.90. The second kappa shape index (κ2) is 4.49. The third-order valence-corrected chi connectivity index (χ3v) is 2.02. The second-order valence-electron chi connectivity index (χ2n) is 3.14. The van der Waals surface area contributed by atoms with Crippen LogP contribution in [0, 0.1) is 0 Å². The Labute approximate surface area is 83.6 Å². The first-order valence-corrected chi connectivity index (χ1v) is 4.59. The van der Waals surface area contributed by atoms with E-state index in [9.17, 15) is 0 Å². The van der Waals surface area contributed by atoms with Gasteiger partial charge in [-0.1, -0.05) is 11.6 Å². The Balaban J connectivity index is 2.94. The van der Waals surface area contributed by atoms with Gasteiger partial charge in [0.25, 0.3) is 0 Å². The van der Waals surface area contributed by atoms with Crippen LogP contribution >= 0.6 is 11.6 Å². The molecular formula is C10H14ClNO. The number of methoxy groups -OCH3 is 1. The molecule has 72 valence electrons. The van der Waals surface area contributed by atoms with Crippen LogP contribution < -0.4 is 10.5 Å². The van der Waals surface area contributed by atoms with Gasteiger partial charge < -0.3 is 10.5 Å². The van der Waals surface area contributed by atoms with Crippen molar-refractivity contribution in [3.05, 3.63) is 28.8 Å². The van der Waals surface area contributed by atoms with E-state index in [4.69, 9.17) is 22.1 Å². The van der Waals surface area contributed by atoms with Crippen molar-refractivity contribution < 1.29 is 4.74 Å². The highest BCUT2D eigenvalue weighted by Crippen LogP contribution is 2.23. The van der Waals surface area contributed by atoms with Crippen LogP contribution in [0.2, 0.25) is 5.02 Å². The molecule has 1 aromatic rings. The van der Waals surface area contributed by atoms with Gasteiger partial charge in [-0.05, 0) is 37.1 Å². The van der Waals surface area contributed by atoms with E-state index in [2.05, 4.69) is 0 Å². The zero-order valence-electron chi connectivity index (χ0n) is 7.88. The van der Waals surface area contributed by atoms with Crippen molar-refractivity contribution in [3.8, 4) is 5.75 Å². The van der Waals surface area contributed by atoms with Gasteiger partial charge in [0.15, 0.2) is 0 Å². The number of ether oxygens (including phenoxy) is 1. The minimum absolute atomic E-state index is 0.118. The fourth-order valence-corrected chi connectivity index (χ4v) is 1.45. The van der Waals surface area contributed by atoms with Gasteiger partial charge in [-0.15, -0.1) is 0 Å². The van der Waals surface area contributed by atoms with Crippen LogP contribution in [0.3, 0.4) is 0 Å². The monoisotopic (exact) mass is 199 g/mol. The van der Waals surface area contributed by atoms with Crippen LogP contribution in [0.4, 0.5) is 0 Å². The lowest BCUT2D eigenvalue weighted by molar-refractivity contribution is 0.408. The minimum Gasteiger partial charge on any atom is -0.496 e. The third-order valence-electron chi connectivity index (χ3n) is 1.78. The van der Waals surface area contributed by atoms with E-state index < -0.39 is 0 Å². The first-order valence-electron chi connectivity index (χ1n) is 4.21. The maximum absolute atomic E-state index is 5.86. The standard InChI is InChI=1S/C10H14ClNO/c1-7(12)5-8-6-9(11)3-4-10(8)13-2/h3-4,6-7H,5,12H2,1-2H3/t7-/m1/s1. The number of rotatable bonds is 3. The van der Waals surface area contributed by atoms with Gasteiger partial charge >= 0.3 is 0 Å². The van der Waals surface area contributed by atoms with Gasteiger partial charge in [-0.2, -0.15) is 0 Å². The van der Waals surface area contributed by atoms with Crippen LogP contribution in [-0.2, 0) is 6.42 Å². The number of hydrogen-bond acceptors (Lipinski definition) is 2. The molecule has 13 heavy (non-hydrogen) atoms. The van der Waals surface area contributed by atoms with Crippen LogP contribution in [0.25, 0.3) is 0 Å². The van der Waals surface area contributed by atoms with Crippen molar-refractivity contribution in [1.29, 1.82) is 0 Å². The highest BCUT2D eigenvalue weighted by molar-refractivity contribution is 6.30. The van der Waals surface area contributed by atoms with Crippen LogP contribution in [0.1, 0.15) is 12.5 Å². The smallest absolute Gasteiger partial charge is 0.122 e. The fourth-order valence-electron chi connectivity index (χ4n) is 1.25. The summed E-state index contributed by atoms with van der Waals surface area (Å²) in [6.07, 6.45) is 0.781. The summed E-state index contributed by atoms with van der Waals surface area (Å²) in [5.41, 5.74) is 6.76. The van der Waals surface area contributed by atoms with Crippen LogP contribution in [0.5, 0.6) is 5.75 Å². The van der Waals surface area contributed by atoms with E-state index in [0.29, 0.717) is 0 Å². The van der Waals surface area contributed by atoms with Gasteiger partial charge in [0.1, 0.15) is 5.75 Å². The van der Waals surface area contributed by atoms with E-state index >= 15 is 0 Å². The van der Waals surface area contributed by atoms with Crippen molar-refractivity contribution in [1.82, 2.24) is 0 Å². The lowest BCUT2D eigenvalue weighted by Crippen LogP contribution is -2.18. The molecule has 0 aliphatic heterocycles. The minimum atomic E-state index is 0.118. The Morgan fingerprint density at radius 3 is 2.77 bits per heavy atom. The molecule has 0 amide bonds. The fraction of sp³-hybridized carbons (Fsp3) is 0.400.